The van der Waals surface area contributed by atoms with Gasteiger partial charge in [-0.2, -0.15) is 0 Å². The Morgan fingerprint density at radius 3 is 2.21 bits per heavy atom. The Labute approximate surface area is 198 Å². The number of rotatable bonds is 14. The second-order valence-corrected chi connectivity index (χ2v) is 8.15. The Bertz CT molecular complexity index is 1170. The largest absolute Gasteiger partial charge is 0.508 e. The van der Waals surface area contributed by atoms with Gasteiger partial charge in [-0.3, -0.25) is 14.2 Å². The van der Waals surface area contributed by atoms with E-state index in [1.54, 1.807) is 36.4 Å². The third-order valence-corrected chi connectivity index (χ3v) is 5.53. The van der Waals surface area contributed by atoms with E-state index in [1.165, 1.54) is 16.7 Å². The summed E-state index contributed by atoms with van der Waals surface area (Å²) < 4.78 is 1.26. The predicted molar refractivity (Wildman–Crippen MR) is 133 cm³/mol. The van der Waals surface area contributed by atoms with E-state index in [2.05, 4.69) is 20.9 Å². The minimum Gasteiger partial charge on any atom is -0.508 e. The molecule has 9 nitrogen and oxygen atoms in total. The van der Waals surface area contributed by atoms with Crippen LogP contribution in [0.4, 0.5) is 0 Å². The molecule has 0 aliphatic carbocycles. The van der Waals surface area contributed by atoms with Gasteiger partial charge in [-0.1, -0.05) is 12.1 Å². The molecule has 0 aliphatic rings. The number of carbonyl (C=O) groups excluding carboxylic acids is 1. The molecule has 0 saturated heterocycles. The van der Waals surface area contributed by atoms with Crippen LogP contribution in [0.2, 0.25) is 0 Å². The fraction of sp³-hybridized carbons (Fsp3) is 0.400. The third-order valence-electron chi connectivity index (χ3n) is 5.53. The third kappa shape index (κ3) is 7.57. The number of nitrogens with one attached hydrogen (secondary N) is 4. The van der Waals surface area contributed by atoms with Crippen LogP contribution in [0.3, 0.4) is 0 Å². The molecule has 0 radical (unpaired) electrons. The number of aromatic amines is 1. The van der Waals surface area contributed by atoms with Gasteiger partial charge in [-0.15, -0.1) is 0 Å². The molecule has 2 aromatic carbocycles. The van der Waals surface area contributed by atoms with E-state index >= 15 is 0 Å². The molecule has 0 fully saturated rings. The number of hydrogen-bond donors (Lipinski definition) is 5. The maximum atomic E-state index is 12.5. The van der Waals surface area contributed by atoms with Crippen molar-refractivity contribution in [2.75, 3.05) is 32.7 Å². The minimum atomic E-state index is -0.366. The molecule has 5 N–H and O–H groups in total. The maximum Gasteiger partial charge on any atom is 0.328 e. The topological polar surface area (TPSA) is 128 Å². The second-order valence-electron chi connectivity index (χ2n) is 8.15. The number of para-hydroxylation sites is 1. The van der Waals surface area contributed by atoms with Crippen LogP contribution in [0.5, 0.6) is 5.75 Å². The molecule has 1 amide bonds. The van der Waals surface area contributed by atoms with Gasteiger partial charge in [0, 0.05) is 18.7 Å². The molecule has 3 aromatic rings. The summed E-state index contributed by atoms with van der Waals surface area (Å²) in [6.45, 7) is 4.35. The Hall–Kier alpha value is -3.43. The number of phenols is 1. The number of carbonyl (C=O) groups is 1. The minimum absolute atomic E-state index is 0.138. The van der Waals surface area contributed by atoms with Gasteiger partial charge in [0.05, 0.1) is 10.9 Å². The number of unbranched alkanes of at least 4 members (excludes halogenated alkanes) is 1. The van der Waals surface area contributed by atoms with Gasteiger partial charge in [-0.05, 0) is 88.3 Å². The molecule has 1 aromatic heterocycles. The lowest BCUT2D eigenvalue weighted by Gasteiger charge is -2.08. The molecule has 1 heterocycles. The molecular formula is C25H33N5O4. The molecular weight excluding hydrogens is 434 g/mol. The van der Waals surface area contributed by atoms with Gasteiger partial charge in [0.2, 0.25) is 0 Å². The van der Waals surface area contributed by atoms with Crippen molar-refractivity contribution in [2.45, 2.75) is 32.2 Å². The van der Waals surface area contributed by atoms with Crippen LogP contribution in [0.1, 0.15) is 36.0 Å². The Morgan fingerprint density at radius 2 is 1.47 bits per heavy atom. The van der Waals surface area contributed by atoms with Crippen molar-refractivity contribution in [1.82, 2.24) is 25.5 Å². The highest BCUT2D eigenvalue weighted by atomic mass is 16.3. The average Bonchev–Trinajstić information content (AvgIpc) is 2.84. The van der Waals surface area contributed by atoms with E-state index in [0.717, 1.165) is 45.4 Å². The normalized spacial score (nSPS) is 11.1. The Morgan fingerprint density at radius 1 is 0.824 bits per heavy atom. The number of fused-ring (bicyclic) bond motifs is 1. The molecule has 34 heavy (non-hydrogen) atoms. The van der Waals surface area contributed by atoms with Crippen molar-refractivity contribution in [3.63, 3.8) is 0 Å². The quantitative estimate of drug-likeness (QED) is 0.229. The summed E-state index contributed by atoms with van der Waals surface area (Å²) in [6, 6.07) is 13.2. The van der Waals surface area contributed by atoms with E-state index in [-0.39, 0.29) is 22.9 Å². The zero-order valence-electron chi connectivity index (χ0n) is 19.3. The number of benzene rings is 2. The van der Waals surface area contributed by atoms with Gasteiger partial charge in [-0.25, -0.2) is 4.79 Å². The SMILES string of the molecule is O=C(NCCCNCCCCNCCCn1c(=O)[nH]c2ccccc2c1=O)c1ccc(O)cc1. The van der Waals surface area contributed by atoms with E-state index in [0.29, 0.717) is 36.0 Å². The van der Waals surface area contributed by atoms with Gasteiger partial charge >= 0.3 is 5.69 Å². The van der Waals surface area contributed by atoms with Crippen LogP contribution >= 0.6 is 0 Å². The molecule has 0 unspecified atom stereocenters. The van der Waals surface area contributed by atoms with Crippen molar-refractivity contribution in [3.8, 4) is 5.75 Å². The van der Waals surface area contributed by atoms with Gasteiger partial charge in [0.15, 0.2) is 0 Å². The summed E-state index contributed by atoms with van der Waals surface area (Å²) in [5, 5.41) is 19.4. The maximum absolute atomic E-state index is 12.5. The predicted octanol–water partition coefficient (Wildman–Crippen LogP) is 1.57. The summed E-state index contributed by atoms with van der Waals surface area (Å²) in [4.78, 5) is 39.3. The zero-order chi connectivity index (χ0) is 24.2. The number of aromatic hydroxyl groups is 1. The van der Waals surface area contributed by atoms with E-state index in [9.17, 15) is 19.5 Å². The average molecular weight is 468 g/mol. The summed E-state index contributed by atoms with van der Waals surface area (Å²) in [7, 11) is 0. The van der Waals surface area contributed by atoms with E-state index in [1.807, 2.05) is 0 Å². The zero-order valence-corrected chi connectivity index (χ0v) is 19.3. The molecule has 182 valence electrons. The summed E-state index contributed by atoms with van der Waals surface area (Å²) in [5.41, 5.74) is 0.494. The fourth-order valence-electron chi connectivity index (χ4n) is 3.64. The number of hydrogen-bond acceptors (Lipinski definition) is 6. The molecule has 0 saturated carbocycles. The lowest BCUT2D eigenvalue weighted by molar-refractivity contribution is 0.0953. The molecule has 0 aliphatic heterocycles. The lowest BCUT2D eigenvalue weighted by Crippen LogP contribution is -2.35. The number of phenolic OH excluding ortho intramolecular Hbond substituents is 1. The highest BCUT2D eigenvalue weighted by Crippen LogP contribution is 2.09. The summed E-state index contributed by atoms with van der Waals surface area (Å²) >= 11 is 0. The summed E-state index contributed by atoms with van der Waals surface area (Å²) in [5.74, 6) is 0.00610. The molecule has 0 spiro atoms. The van der Waals surface area contributed by atoms with Crippen molar-refractivity contribution < 1.29 is 9.90 Å². The molecule has 3 rings (SSSR count). The van der Waals surface area contributed by atoms with Crippen LogP contribution in [-0.4, -0.2) is 53.3 Å². The monoisotopic (exact) mass is 467 g/mol. The highest BCUT2D eigenvalue weighted by Gasteiger charge is 2.06. The number of amides is 1. The van der Waals surface area contributed by atoms with E-state index < -0.39 is 0 Å². The first-order valence-corrected chi connectivity index (χ1v) is 11.8. The molecule has 9 heteroatoms. The Balaban J connectivity index is 1.18. The molecule has 0 bridgehead atoms. The highest BCUT2D eigenvalue weighted by molar-refractivity contribution is 5.94. The van der Waals surface area contributed by atoms with Crippen LogP contribution in [0, 0.1) is 0 Å². The van der Waals surface area contributed by atoms with Crippen molar-refractivity contribution in [3.05, 3.63) is 74.9 Å². The summed E-state index contributed by atoms with van der Waals surface area (Å²) in [6.07, 6.45) is 3.61. The van der Waals surface area contributed by atoms with Gasteiger partial charge in [0.1, 0.15) is 5.75 Å². The van der Waals surface area contributed by atoms with Crippen molar-refractivity contribution in [2.24, 2.45) is 0 Å². The van der Waals surface area contributed by atoms with Crippen LogP contribution < -0.4 is 27.2 Å². The fourth-order valence-corrected chi connectivity index (χ4v) is 3.64. The number of nitrogens with zero attached hydrogens (tertiary/aromatic N) is 1. The Kier molecular flexibility index (Phi) is 9.87. The van der Waals surface area contributed by atoms with Crippen LogP contribution in [0.15, 0.2) is 58.1 Å². The number of aromatic nitrogens is 2. The van der Waals surface area contributed by atoms with Crippen molar-refractivity contribution in [1.29, 1.82) is 0 Å². The van der Waals surface area contributed by atoms with Crippen LogP contribution in [0.25, 0.3) is 10.9 Å². The van der Waals surface area contributed by atoms with Gasteiger partial charge in [0.25, 0.3) is 11.5 Å². The van der Waals surface area contributed by atoms with Crippen molar-refractivity contribution >= 4 is 16.8 Å². The standard InChI is InChI=1S/C25H33N5O4/c31-20-11-9-19(10-12-20)23(32)28-17-5-15-26-13-3-4-14-27-16-6-18-30-24(33)21-7-1-2-8-22(21)29-25(30)34/h1-2,7-12,26-27,31H,3-6,13-18H2,(H,28,32)(H,29,34). The van der Waals surface area contributed by atoms with Crippen LogP contribution in [-0.2, 0) is 6.54 Å². The molecule has 0 atom stereocenters. The first kappa shape index (κ1) is 25.2. The smallest absolute Gasteiger partial charge is 0.328 e. The first-order chi connectivity index (χ1) is 16.6. The van der Waals surface area contributed by atoms with E-state index in [4.69, 9.17) is 0 Å². The number of H-pyrrole nitrogens is 1. The first-order valence-electron chi connectivity index (χ1n) is 11.8. The lowest BCUT2D eigenvalue weighted by atomic mass is 10.2. The second kappa shape index (κ2) is 13.3. The van der Waals surface area contributed by atoms with Gasteiger partial charge < -0.3 is 26.0 Å².